The largest absolute Gasteiger partial charge is 0.394 e. The van der Waals surface area contributed by atoms with Gasteiger partial charge in [-0.25, -0.2) is 0 Å². The number of ketones is 2. The van der Waals surface area contributed by atoms with E-state index in [9.17, 15) is 40.2 Å². The van der Waals surface area contributed by atoms with Crippen molar-refractivity contribution in [2.24, 2.45) is 39.4 Å². The number of fused-ring (bicyclic) bond motifs is 5. The highest BCUT2D eigenvalue weighted by Gasteiger charge is 2.73. The monoisotopic (exact) mass is 566 g/mol. The van der Waals surface area contributed by atoms with Crippen molar-refractivity contribution in [3.05, 3.63) is 11.6 Å². The Morgan fingerprint density at radius 2 is 1.68 bits per heavy atom. The molecule has 4 aliphatic carbocycles. The van der Waals surface area contributed by atoms with Crippen LogP contribution in [0, 0.1) is 39.4 Å². The lowest BCUT2D eigenvalue weighted by Crippen LogP contribution is -2.65. The summed E-state index contributed by atoms with van der Waals surface area (Å²) in [5.74, 6) is -1.15. The van der Waals surface area contributed by atoms with Crippen LogP contribution < -0.4 is 0 Å². The van der Waals surface area contributed by atoms with E-state index >= 15 is 0 Å². The van der Waals surface area contributed by atoms with E-state index in [1.807, 2.05) is 27.7 Å². The minimum Gasteiger partial charge on any atom is -0.394 e. The zero-order valence-corrected chi connectivity index (χ0v) is 24.3. The van der Waals surface area contributed by atoms with Crippen LogP contribution in [0.3, 0.4) is 0 Å². The quantitative estimate of drug-likeness (QED) is 0.263. The molecule has 0 bridgehead atoms. The van der Waals surface area contributed by atoms with Crippen LogP contribution in [0.1, 0.15) is 67.2 Å². The van der Waals surface area contributed by atoms with Gasteiger partial charge in [-0.05, 0) is 48.9 Å². The van der Waals surface area contributed by atoms with Crippen molar-refractivity contribution in [3.8, 4) is 0 Å². The van der Waals surface area contributed by atoms with E-state index in [1.165, 1.54) is 6.92 Å². The number of aliphatic hydroxyl groups excluding tert-OH is 6. The second kappa shape index (κ2) is 9.64. The van der Waals surface area contributed by atoms with E-state index in [1.54, 1.807) is 0 Å². The molecule has 3 saturated carbocycles. The smallest absolute Gasteiger partial charge is 0.187 e. The van der Waals surface area contributed by atoms with Crippen molar-refractivity contribution in [2.75, 3.05) is 6.61 Å². The SMILES string of the molecule is CC(=O)C1C(O)CC2(C)C3CC=C4C(CC(OC5OC(CO)C(O)C(O)C5O)C(O)C4(C)C)C3(C)C(=O)CC12C. The van der Waals surface area contributed by atoms with Gasteiger partial charge in [-0.3, -0.25) is 9.59 Å². The Hall–Kier alpha value is -1.24. The molecular formula is C30H46O10. The fourth-order valence-corrected chi connectivity index (χ4v) is 9.73. The molecule has 40 heavy (non-hydrogen) atoms. The third-order valence-electron chi connectivity index (χ3n) is 12.2. The molecule has 1 heterocycles. The van der Waals surface area contributed by atoms with Crippen LogP contribution in [-0.2, 0) is 19.1 Å². The van der Waals surface area contributed by atoms with E-state index in [0.29, 0.717) is 12.8 Å². The fourth-order valence-electron chi connectivity index (χ4n) is 9.73. The number of carbonyl (C=O) groups excluding carboxylic acids is 2. The average molecular weight is 567 g/mol. The topological polar surface area (TPSA) is 174 Å². The molecule has 0 aromatic carbocycles. The van der Waals surface area contributed by atoms with Crippen molar-refractivity contribution in [1.29, 1.82) is 0 Å². The Kier molecular flexibility index (Phi) is 7.28. The summed E-state index contributed by atoms with van der Waals surface area (Å²) in [6.45, 7) is 10.8. The van der Waals surface area contributed by atoms with Crippen LogP contribution in [0.2, 0.25) is 0 Å². The molecule has 0 spiro atoms. The van der Waals surface area contributed by atoms with E-state index in [4.69, 9.17) is 9.47 Å². The van der Waals surface area contributed by atoms with Crippen molar-refractivity contribution < 1.29 is 49.7 Å². The number of aliphatic hydroxyl groups is 6. The molecule has 0 amide bonds. The van der Waals surface area contributed by atoms with Crippen LogP contribution >= 0.6 is 0 Å². The molecule has 14 unspecified atom stereocenters. The zero-order chi connectivity index (χ0) is 29.7. The number of hydrogen-bond acceptors (Lipinski definition) is 10. The fraction of sp³-hybridized carbons (Fsp3) is 0.867. The maximum atomic E-state index is 14.3. The number of carbonyl (C=O) groups is 2. The van der Waals surface area contributed by atoms with Gasteiger partial charge < -0.3 is 40.1 Å². The predicted molar refractivity (Wildman–Crippen MR) is 141 cm³/mol. The van der Waals surface area contributed by atoms with Gasteiger partial charge in [0.25, 0.3) is 0 Å². The number of rotatable bonds is 4. The average Bonchev–Trinajstić information content (AvgIpc) is 3.07. The summed E-state index contributed by atoms with van der Waals surface area (Å²) in [5.41, 5.74) is -1.84. The molecule has 0 radical (unpaired) electrons. The van der Waals surface area contributed by atoms with Crippen molar-refractivity contribution in [3.63, 3.8) is 0 Å². The van der Waals surface area contributed by atoms with Gasteiger partial charge in [-0.2, -0.15) is 0 Å². The van der Waals surface area contributed by atoms with Crippen molar-refractivity contribution in [1.82, 2.24) is 0 Å². The molecule has 4 fully saturated rings. The van der Waals surface area contributed by atoms with Gasteiger partial charge in [0.15, 0.2) is 6.29 Å². The minimum atomic E-state index is -1.61. The minimum absolute atomic E-state index is 0.0344. The third-order valence-corrected chi connectivity index (χ3v) is 12.2. The summed E-state index contributed by atoms with van der Waals surface area (Å²) in [5, 5.41) is 63.2. The number of Topliss-reactive ketones (excluding diaryl/α,β-unsaturated/α-hetero) is 2. The lowest BCUT2D eigenvalue weighted by Gasteiger charge is -2.64. The molecule has 14 atom stereocenters. The molecule has 5 aliphatic rings. The zero-order valence-electron chi connectivity index (χ0n) is 24.3. The summed E-state index contributed by atoms with van der Waals surface area (Å²) in [4.78, 5) is 27.0. The second-order valence-electron chi connectivity index (χ2n) is 14.4. The molecule has 226 valence electrons. The maximum absolute atomic E-state index is 14.3. The van der Waals surface area contributed by atoms with E-state index in [-0.39, 0.29) is 36.2 Å². The Labute approximate surface area is 235 Å². The van der Waals surface area contributed by atoms with Gasteiger partial charge in [-0.1, -0.05) is 46.3 Å². The van der Waals surface area contributed by atoms with Gasteiger partial charge in [0.1, 0.15) is 36.0 Å². The van der Waals surface area contributed by atoms with Crippen molar-refractivity contribution in [2.45, 2.75) is 116 Å². The number of allylic oxidation sites excluding steroid dienone is 1. The van der Waals surface area contributed by atoms with Crippen LogP contribution in [0.4, 0.5) is 0 Å². The van der Waals surface area contributed by atoms with Crippen LogP contribution in [0.25, 0.3) is 0 Å². The van der Waals surface area contributed by atoms with E-state index in [0.717, 1.165) is 5.57 Å². The van der Waals surface area contributed by atoms with E-state index in [2.05, 4.69) is 13.0 Å². The number of ether oxygens (including phenoxy) is 2. The molecule has 0 aromatic heterocycles. The molecular weight excluding hydrogens is 520 g/mol. The molecule has 1 saturated heterocycles. The van der Waals surface area contributed by atoms with E-state index < -0.39 is 83.2 Å². The van der Waals surface area contributed by atoms with Crippen LogP contribution in [0.15, 0.2) is 11.6 Å². The highest BCUT2D eigenvalue weighted by molar-refractivity contribution is 5.90. The first-order chi connectivity index (χ1) is 18.5. The first-order valence-electron chi connectivity index (χ1n) is 14.5. The molecule has 1 aliphatic heterocycles. The predicted octanol–water partition coefficient (Wildman–Crippen LogP) is 0.486. The maximum Gasteiger partial charge on any atom is 0.187 e. The number of hydrogen-bond donors (Lipinski definition) is 6. The highest BCUT2D eigenvalue weighted by atomic mass is 16.7. The lowest BCUT2D eigenvalue weighted by molar-refractivity contribution is -0.323. The Balaban J connectivity index is 1.51. The third kappa shape index (κ3) is 3.83. The Morgan fingerprint density at radius 3 is 2.27 bits per heavy atom. The summed E-state index contributed by atoms with van der Waals surface area (Å²) in [6.07, 6.45) is -6.50. The second-order valence-corrected chi connectivity index (χ2v) is 14.4. The molecule has 0 aromatic rings. The summed E-state index contributed by atoms with van der Waals surface area (Å²) in [7, 11) is 0. The van der Waals surface area contributed by atoms with Crippen LogP contribution in [-0.4, -0.2) is 97.8 Å². The molecule has 5 rings (SSSR count). The molecule has 10 heteroatoms. The summed E-state index contributed by atoms with van der Waals surface area (Å²) in [6, 6.07) is 0. The normalized spacial score (nSPS) is 53.8. The van der Waals surface area contributed by atoms with Gasteiger partial charge >= 0.3 is 0 Å². The molecule has 6 N–H and O–H groups in total. The van der Waals surface area contributed by atoms with Crippen molar-refractivity contribution >= 4 is 11.6 Å². The molecule has 10 nitrogen and oxygen atoms in total. The Bertz CT molecular complexity index is 1090. The van der Waals surface area contributed by atoms with Crippen LogP contribution in [0.5, 0.6) is 0 Å². The summed E-state index contributed by atoms with van der Waals surface area (Å²) < 4.78 is 11.7. The first-order valence-corrected chi connectivity index (χ1v) is 14.5. The Morgan fingerprint density at radius 1 is 1.02 bits per heavy atom. The standard InChI is InChI=1S/C30H46O10/c1-13(32)21-16(33)10-28(4)19-8-7-14-15(30(19,6)20(34)11-29(21,28)5)9-17(25(38)27(14,2)3)39-26-24(37)23(36)22(35)18(12-31)40-26/h7,15-19,21-26,31,33,35-38H,8-12H2,1-6H3. The van der Waals surface area contributed by atoms with Gasteiger partial charge in [0, 0.05) is 23.2 Å². The lowest BCUT2D eigenvalue weighted by atomic mass is 9.38. The first kappa shape index (κ1) is 30.2. The van der Waals surface area contributed by atoms with Gasteiger partial charge in [0.2, 0.25) is 0 Å². The highest BCUT2D eigenvalue weighted by Crippen LogP contribution is 2.73. The summed E-state index contributed by atoms with van der Waals surface area (Å²) >= 11 is 0. The van der Waals surface area contributed by atoms with Gasteiger partial charge in [-0.15, -0.1) is 0 Å². The van der Waals surface area contributed by atoms with Gasteiger partial charge in [0.05, 0.1) is 24.9 Å².